The van der Waals surface area contributed by atoms with Crippen LogP contribution in [0.5, 0.6) is 5.75 Å². The van der Waals surface area contributed by atoms with E-state index in [-0.39, 0.29) is 18.1 Å². The van der Waals surface area contributed by atoms with Crippen LogP contribution in [0.1, 0.15) is 63.4 Å². The molecule has 1 aromatic carbocycles. The number of benzene rings is 1. The first-order chi connectivity index (χ1) is 18.5. The number of hydrogen-bond donors (Lipinski definition) is 0. The molecule has 0 spiro atoms. The Morgan fingerprint density at radius 1 is 1.13 bits per heavy atom. The predicted octanol–water partition coefficient (Wildman–Crippen LogP) is 6.17. The summed E-state index contributed by atoms with van der Waals surface area (Å²) in [4.78, 5) is 25.4. The summed E-state index contributed by atoms with van der Waals surface area (Å²) in [6.45, 7) is 3.34. The number of halogens is 2. The van der Waals surface area contributed by atoms with Crippen LogP contribution < -0.4 is 9.64 Å². The number of ether oxygens (including phenoxy) is 1. The first kappa shape index (κ1) is 27.2. The van der Waals surface area contributed by atoms with Crippen molar-refractivity contribution in [2.75, 3.05) is 38.2 Å². The van der Waals surface area contributed by atoms with E-state index in [4.69, 9.17) is 16.3 Å². The van der Waals surface area contributed by atoms with Crippen molar-refractivity contribution in [2.24, 2.45) is 23.7 Å². The number of piperidine rings is 1. The zero-order valence-corrected chi connectivity index (χ0v) is 23.2. The van der Waals surface area contributed by atoms with Crippen LogP contribution in [0, 0.1) is 29.5 Å². The van der Waals surface area contributed by atoms with Gasteiger partial charge in [0.2, 0.25) is 11.9 Å². The molecular formula is C30H40ClFN4O2. The number of rotatable bonds is 10. The van der Waals surface area contributed by atoms with Crippen LogP contribution >= 0.6 is 11.6 Å². The van der Waals surface area contributed by atoms with E-state index < -0.39 is 0 Å². The van der Waals surface area contributed by atoms with Crippen molar-refractivity contribution in [3.8, 4) is 5.75 Å². The lowest BCUT2D eigenvalue weighted by molar-refractivity contribution is -0.129. The van der Waals surface area contributed by atoms with Gasteiger partial charge < -0.3 is 14.5 Å². The number of carbonyl (C=O) groups excluding carboxylic acids is 1. The molecule has 1 amide bonds. The number of anilines is 1. The maximum absolute atomic E-state index is 14.7. The number of aromatic nitrogens is 2. The van der Waals surface area contributed by atoms with Crippen LogP contribution in [-0.4, -0.2) is 54.1 Å². The molecule has 0 bridgehead atoms. The third-order valence-corrected chi connectivity index (χ3v) is 9.01. The Hall–Kier alpha value is -2.41. The molecule has 0 N–H and O–H groups in total. The minimum absolute atomic E-state index is 0.0190. The predicted molar refractivity (Wildman–Crippen MR) is 148 cm³/mol. The molecule has 38 heavy (non-hydrogen) atoms. The van der Waals surface area contributed by atoms with Crippen LogP contribution in [0.4, 0.5) is 10.3 Å². The van der Waals surface area contributed by atoms with Crippen molar-refractivity contribution in [1.82, 2.24) is 14.9 Å². The summed E-state index contributed by atoms with van der Waals surface area (Å²) in [5.41, 5.74) is 0.440. The van der Waals surface area contributed by atoms with Crippen LogP contribution in [-0.2, 0) is 11.2 Å². The van der Waals surface area contributed by atoms with Crippen LogP contribution in [0.15, 0.2) is 30.6 Å². The van der Waals surface area contributed by atoms with Gasteiger partial charge in [0.15, 0.2) is 0 Å². The summed E-state index contributed by atoms with van der Waals surface area (Å²) in [7, 11) is 1.84. The van der Waals surface area contributed by atoms with Crippen LogP contribution in [0.2, 0.25) is 5.02 Å². The molecule has 2 saturated carbocycles. The highest BCUT2D eigenvalue weighted by Crippen LogP contribution is 2.49. The number of nitrogens with zero attached hydrogens (tertiary/aromatic N) is 4. The van der Waals surface area contributed by atoms with Gasteiger partial charge in [0.25, 0.3) is 0 Å². The zero-order chi connectivity index (χ0) is 26.5. The fraction of sp³-hybridized carbons (Fsp3) is 0.633. The molecule has 1 aromatic heterocycles. The second-order valence-corrected chi connectivity index (χ2v) is 12.0. The largest absolute Gasteiger partial charge is 0.493 e. The Bertz CT molecular complexity index is 1070. The second kappa shape index (κ2) is 12.6. The van der Waals surface area contributed by atoms with Gasteiger partial charge in [0, 0.05) is 32.7 Å². The van der Waals surface area contributed by atoms with Crippen molar-refractivity contribution < 1.29 is 13.9 Å². The number of amides is 1. The molecule has 3 aliphatic rings. The van der Waals surface area contributed by atoms with E-state index in [1.54, 1.807) is 29.4 Å². The Morgan fingerprint density at radius 3 is 2.58 bits per heavy atom. The van der Waals surface area contributed by atoms with Gasteiger partial charge in [-0.25, -0.2) is 14.4 Å². The van der Waals surface area contributed by atoms with Crippen LogP contribution in [0.25, 0.3) is 0 Å². The molecule has 6 nitrogen and oxygen atoms in total. The number of hydrogen-bond acceptors (Lipinski definition) is 5. The molecule has 3 fully saturated rings. The maximum atomic E-state index is 14.7. The summed E-state index contributed by atoms with van der Waals surface area (Å²) in [6, 6.07) is 4.93. The average molecular weight is 543 g/mol. The normalized spacial score (nSPS) is 22.3. The maximum Gasteiger partial charge on any atom is 0.226 e. The molecule has 0 radical (unpaired) electrons. The van der Waals surface area contributed by atoms with Crippen molar-refractivity contribution in [2.45, 2.75) is 64.2 Å². The molecule has 1 saturated heterocycles. The van der Waals surface area contributed by atoms with Crippen molar-refractivity contribution in [3.63, 3.8) is 0 Å². The topological polar surface area (TPSA) is 58.6 Å². The van der Waals surface area contributed by atoms with E-state index in [9.17, 15) is 9.18 Å². The van der Waals surface area contributed by atoms with E-state index >= 15 is 0 Å². The fourth-order valence-electron chi connectivity index (χ4n) is 6.42. The fourth-order valence-corrected chi connectivity index (χ4v) is 6.52. The second-order valence-electron chi connectivity index (χ2n) is 11.5. The van der Waals surface area contributed by atoms with Gasteiger partial charge in [-0.1, -0.05) is 36.9 Å². The van der Waals surface area contributed by atoms with Gasteiger partial charge in [0.1, 0.15) is 11.6 Å². The smallest absolute Gasteiger partial charge is 0.226 e. The number of carbonyl (C=O) groups is 1. The minimum atomic E-state index is -0.359. The summed E-state index contributed by atoms with van der Waals surface area (Å²) in [5, 5.41) is 0.563. The standard InChI is InChI=1S/C30H40ClFN4O2/c1-35(20-21-5-3-2-4-6-21)29(37)16-24-7-8-26(17-28(24)32)38-14-11-23-15-27(23)22-9-12-36(13-10-22)30-33-18-25(31)19-34-30/h7-8,17-19,21-23,27H,2-6,9-16,20H2,1H3. The highest BCUT2D eigenvalue weighted by atomic mass is 35.5. The molecule has 206 valence electrons. The summed E-state index contributed by atoms with van der Waals surface area (Å²) >= 11 is 5.90. The summed E-state index contributed by atoms with van der Waals surface area (Å²) in [5.74, 6) is 3.72. The Morgan fingerprint density at radius 2 is 1.87 bits per heavy atom. The molecule has 2 aromatic rings. The lowest BCUT2D eigenvalue weighted by atomic mass is 9.89. The molecular weight excluding hydrogens is 503 g/mol. The molecule has 2 atom stereocenters. The monoisotopic (exact) mass is 542 g/mol. The zero-order valence-electron chi connectivity index (χ0n) is 22.5. The van der Waals surface area contributed by atoms with E-state index in [1.165, 1.54) is 44.6 Å². The highest BCUT2D eigenvalue weighted by molar-refractivity contribution is 6.30. The molecule has 2 heterocycles. The summed E-state index contributed by atoms with van der Waals surface area (Å²) < 4.78 is 20.6. The van der Waals surface area contributed by atoms with Crippen LogP contribution in [0.3, 0.4) is 0 Å². The van der Waals surface area contributed by atoms with Gasteiger partial charge in [0.05, 0.1) is 30.4 Å². The van der Waals surface area contributed by atoms with Crippen molar-refractivity contribution in [3.05, 3.63) is 47.0 Å². The van der Waals surface area contributed by atoms with Crippen molar-refractivity contribution >= 4 is 23.5 Å². The van der Waals surface area contributed by atoms with Gasteiger partial charge >= 0.3 is 0 Å². The lowest BCUT2D eigenvalue weighted by Crippen LogP contribution is -2.35. The number of likely N-dealkylation sites (N-methyl/N-ethyl adjacent to an activating group) is 1. The first-order valence-corrected chi connectivity index (χ1v) is 14.7. The molecule has 2 aliphatic carbocycles. The quantitative estimate of drug-likeness (QED) is 0.359. The molecule has 1 aliphatic heterocycles. The highest BCUT2D eigenvalue weighted by Gasteiger charge is 2.43. The molecule has 5 rings (SSSR count). The van der Waals surface area contributed by atoms with E-state index in [0.29, 0.717) is 34.8 Å². The van der Waals surface area contributed by atoms with Gasteiger partial charge in [-0.15, -0.1) is 0 Å². The Balaban J connectivity index is 1.00. The van der Waals surface area contributed by atoms with Gasteiger partial charge in [-0.05, 0) is 73.8 Å². The molecule has 8 heteroatoms. The van der Waals surface area contributed by atoms with Gasteiger partial charge in [-0.3, -0.25) is 4.79 Å². The third-order valence-electron chi connectivity index (χ3n) is 8.82. The van der Waals surface area contributed by atoms with Crippen molar-refractivity contribution in [1.29, 1.82) is 0 Å². The Kier molecular flexibility index (Phi) is 9.03. The first-order valence-electron chi connectivity index (χ1n) is 14.3. The van der Waals surface area contributed by atoms with E-state index in [0.717, 1.165) is 56.7 Å². The SMILES string of the molecule is CN(CC1CCCCC1)C(=O)Cc1ccc(OCCC2CC2C2CCN(c3ncc(Cl)cn3)CC2)cc1F. The van der Waals surface area contributed by atoms with E-state index in [1.807, 2.05) is 7.05 Å². The third kappa shape index (κ3) is 7.16. The lowest BCUT2D eigenvalue weighted by Gasteiger charge is -2.32. The average Bonchev–Trinajstić information content (AvgIpc) is 3.71. The minimum Gasteiger partial charge on any atom is -0.493 e. The van der Waals surface area contributed by atoms with Gasteiger partial charge in [-0.2, -0.15) is 0 Å². The molecule has 2 unspecified atom stereocenters. The Labute approximate surface area is 230 Å². The van der Waals surface area contributed by atoms with E-state index in [2.05, 4.69) is 14.9 Å². The summed E-state index contributed by atoms with van der Waals surface area (Å²) in [6.07, 6.45) is 14.2.